The lowest BCUT2D eigenvalue weighted by Crippen LogP contribution is -2.26. The Morgan fingerprint density at radius 3 is 3.00 bits per heavy atom. The Bertz CT molecular complexity index is 440. The highest BCUT2D eigenvalue weighted by molar-refractivity contribution is 7.99. The largest absolute Gasteiger partial charge is 0.480 e. The number of aryl methyl sites for hydroxylation is 1. The van der Waals surface area contributed by atoms with Gasteiger partial charge in [-0.25, -0.2) is 14.5 Å². The van der Waals surface area contributed by atoms with Crippen LogP contribution in [-0.2, 0) is 11.2 Å². The average Bonchev–Trinajstić information content (AvgIpc) is 2.96. The molecule has 1 N–H and O–H groups in total. The first-order valence-corrected chi connectivity index (χ1v) is 7.10. The molecule has 17 heavy (non-hydrogen) atoms. The summed E-state index contributed by atoms with van der Waals surface area (Å²) in [7, 11) is 0. The number of hydrogen-bond acceptors (Lipinski definition) is 4. The second-order valence-electron chi connectivity index (χ2n) is 4.58. The molecule has 1 aromatic heterocycles. The predicted octanol–water partition coefficient (Wildman–Crippen LogP) is 1.81. The Labute approximate surface area is 104 Å². The minimum atomic E-state index is -0.790. The maximum absolute atomic E-state index is 11.2. The summed E-state index contributed by atoms with van der Waals surface area (Å²) in [6, 6.07) is -0.508. The summed E-state index contributed by atoms with van der Waals surface area (Å²) >= 11 is 1.88. The van der Waals surface area contributed by atoms with Gasteiger partial charge in [-0.3, -0.25) is 0 Å². The molecule has 0 radical (unpaired) electrons. The van der Waals surface area contributed by atoms with E-state index in [9.17, 15) is 4.79 Å². The molecule has 6 heteroatoms. The maximum atomic E-state index is 11.2. The Balaban J connectivity index is 1.92. The van der Waals surface area contributed by atoms with Gasteiger partial charge >= 0.3 is 5.97 Å². The highest BCUT2D eigenvalue weighted by Gasteiger charge is 2.31. The quantitative estimate of drug-likeness (QED) is 0.870. The fourth-order valence-electron chi connectivity index (χ4n) is 2.52. The molecule has 0 amide bonds. The molecule has 1 saturated heterocycles. The van der Waals surface area contributed by atoms with E-state index in [0.29, 0.717) is 11.7 Å². The fourth-order valence-corrected chi connectivity index (χ4v) is 3.72. The van der Waals surface area contributed by atoms with Crippen LogP contribution in [0, 0.1) is 0 Å². The monoisotopic (exact) mass is 253 g/mol. The van der Waals surface area contributed by atoms with Crippen LogP contribution >= 0.6 is 11.8 Å². The topological polar surface area (TPSA) is 68.0 Å². The molecular formula is C11H15N3O2S. The van der Waals surface area contributed by atoms with E-state index in [1.54, 1.807) is 4.68 Å². The van der Waals surface area contributed by atoms with Crippen LogP contribution in [0.4, 0.5) is 0 Å². The van der Waals surface area contributed by atoms with E-state index in [-0.39, 0.29) is 0 Å². The number of fused-ring (bicyclic) bond motifs is 1. The van der Waals surface area contributed by atoms with Crippen LogP contribution in [0.2, 0.25) is 0 Å². The van der Waals surface area contributed by atoms with E-state index in [2.05, 4.69) is 10.1 Å². The summed E-state index contributed by atoms with van der Waals surface area (Å²) in [6.07, 6.45) is 4.75. The number of aliphatic carboxylic acids is 1. The van der Waals surface area contributed by atoms with Crippen LogP contribution in [0.15, 0.2) is 0 Å². The fraction of sp³-hybridized carbons (Fsp3) is 0.727. The molecule has 0 bridgehead atoms. The first kappa shape index (κ1) is 11.1. The maximum Gasteiger partial charge on any atom is 0.328 e. The second kappa shape index (κ2) is 4.33. The van der Waals surface area contributed by atoms with Crippen molar-refractivity contribution in [3.05, 3.63) is 11.6 Å². The van der Waals surface area contributed by atoms with Crippen molar-refractivity contribution in [1.29, 1.82) is 0 Å². The molecule has 3 rings (SSSR count). The van der Waals surface area contributed by atoms with Crippen molar-refractivity contribution in [3.63, 3.8) is 0 Å². The zero-order valence-electron chi connectivity index (χ0n) is 9.50. The van der Waals surface area contributed by atoms with Gasteiger partial charge < -0.3 is 5.11 Å². The number of carboxylic acid groups (broad SMARTS) is 1. The smallest absolute Gasteiger partial charge is 0.328 e. The first-order valence-electron chi connectivity index (χ1n) is 6.05. The van der Waals surface area contributed by atoms with E-state index in [4.69, 9.17) is 5.11 Å². The van der Waals surface area contributed by atoms with Crippen LogP contribution < -0.4 is 0 Å². The number of rotatable bonds is 2. The molecule has 0 aliphatic carbocycles. The molecule has 1 aromatic rings. The number of carboxylic acids is 1. The third-order valence-corrected chi connectivity index (χ3v) is 4.77. The van der Waals surface area contributed by atoms with Crippen LogP contribution in [0.5, 0.6) is 0 Å². The van der Waals surface area contributed by atoms with Gasteiger partial charge in [0.2, 0.25) is 0 Å². The minimum Gasteiger partial charge on any atom is -0.480 e. The summed E-state index contributed by atoms with van der Waals surface area (Å²) in [6.45, 7) is 0. The van der Waals surface area contributed by atoms with Crippen molar-refractivity contribution in [3.8, 4) is 0 Å². The normalized spacial score (nSPS) is 28.0. The van der Waals surface area contributed by atoms with Gasteiger partial charge in [-0.2, -0.15) is 16.9 Å². The van der Waals surface area contributed by atoms with Gasteiger partial charge in [-0.15, -0.1) is 0 Å². The summed E-state index contributed by atoms with van der Waals surface area (Å²) in [5.41, 5.74) is 0. The number of carbonyl (C=O) groups is 1. The SMILES string of the molecule is O=C(O)C1CCCc2nc(C3CCCS3)nn21. The van der Waals surface area contributed by atoms with Gasteiger partial charge in [0.25, 0.3) is 0 Å². The van der Waals surface area contributed by atoms with Gasteiger partial charge in [-0.1, -0.05) is 0 Å². The van der Waals surface area contributed by atoms with E-state index >= 15 is 0 Å². The molecule has 0 saturated carbocycles. The second-order valence-corrected chi connectivity index (χ2v) is 5.89. The lowest BCUT2D eigenvalue weighted by molar-refractivity contribution is -0.141. The lowest BCUT2D eigenvalue weighted by Gasteiger charge is -2.19. The zero-order chi connectivity index (χ0) is 11.8. The molecule has 92 valence electrons. The molecule has 1 fully saturated rings. The molecule has 2 aliphatic rings. The van der Waals surface area contributed by atoms with Crippen LogP contribution in [-0.4, -0.2) is 31.6 Å². The third-order valence-electron chi connectivity index (χ3n) is 3.39. The number of thioether (sulfide) groups is 1. The molecule has 2 aliphatic heterocycles. The van der Waals surface area contributed by atoms with Crippen molar-refractivity contribution < 1.29 is 9.90 Å². The lowest BCUT2D eigenvalue weighted by atomic mass is 10.1. The summed E-state index contributed by atoms with van der Waals surface area (Å²) in [5, 5.41) is 14.0. The van der Waals surface area contributed by atoms with Gasteiger partial charge in [0.1, 0.15) is 5.82 Å². The third kappa shape index (κ3) is 1.94. The Morgan fingerprint density at radius 1 is 1.41 bits per heavy atom. The Kier molecular flexibility index (Phi) is 2.82. The van der Waals surface area contributed by atoms with Gasteiger partial charge in [0.05, 0.1) is 5.25 Å². The van der Waals surface area contributed by atoms with Gasteiger partial charge in [0, 0.05) is 6.42 Å². The number of aromatic nitrogens is 3. The zero-order valence-corrected chi connectivity index (χ0v) is 10.3. The van der Waals surface area contributed by atoms with Gasteiger partial charge in [-0.05, 0) is 31.4 Å². The molecule has 3 heterocycles. The number of hydrogen-bond donors (Lipinski definition) is 1. The van der Waals surface area contributed by atoms with Crippen LogP contribution in [0.25, 0.3) is 0 Å². The van der Waals surface area contributed by atoms with E-state index < -0.39 is 12.0 Å². The average molecular weight is 253 g/mol. The van der Waals surface area contributed by atoms with Crippen LogP contribution in [0.3, 0.4) is 0 Å². The standard InChI is InChI=1S/C11H15N3O2S/c15-11(16)7-3-1-5-9-12-10(13-14(7)9)8-4-2-6-17-8/h7-8H,1-6H2,(H,15,16). The highest BCUT2D eigenvalue weighted by atomic mass is 32.2. The molecule has 2 atom stereocenters. The Hall–Kier alpha value is -1.04. The van der Waals surface area contributed by atoms with Crippen molar-refractivity contribution >= 4 is 17.7 Å². The van der Waals surface area contributed by atoms with Crippen molar-refractivity contribution in [2.24, 2.45) is 0 Å². The van der Waals surface area contributed by atoms with Gasteiger partial charge in [0.15, 0.2) is 11.9 Å². The molecule has 0 aromatic carbocycles. The summed E-state index contributed by atoms with van der Waals surface area (Å²) < 4.78 is 1.64. The molecule has 2 unspecified atom stereocenters. The summed E-state index contributed by atoms with van der Waals surface area (Å²) in [5.74, 6) is 2.07. The molecular weight excluding hydrogens is 238 g/mol. The number of nitrogens with zero attached hydrogens (tertiary/aromatic N) is 3. The molecule has 5 nitrogen and oxygen atoms in total. The summed E-state index contributed by atoms with van der Waals surface area (Å²) in [4.78, 5) is 15.7. The molecule has 0 spiro atoms. The highest BCUT2D eigenvalue weighted by Crippen LogP contribution is 2.39. The predicted molar refractivity (Wildman–Crippen MR) is 64.1 cm³/mol. The minimum absolute atomic E-state index is 0.377. The van der Waals surface area contributed by atoms with Crippen molar-refractivity contribution in [2.45, 2.75) is 43.4 Å². The van der Waals surface area contributed by atoms with E-state index in [1.165, 1.54) is 6.42 Å². The van der Waals surface area contributed by atoms with E-state index in [1.807, 2.05) is 11.8 Å². The van der Waals surface area contributed by atoms with Crippen LogP contribution in [0.1, 0.15) is 48.6 Å². The van der Waals surface area contributed by atoms with E-state index in [0.717, 1.165) is 36.7 Å². The Morgan fingerprint density at radius 2 is 2.29 bits per heavy atom. The first-order chi connectivity index (χ1) is 8.25. The van der Waals surface area contributed by atoms with Crippen molar-refractivity contribution in [1.82, 2.24) is 14.8 Å². The van der Waals surface area contributed by atoms with Crippen molar-refractivity contribution in [2.75, 3.05) is 5.75 Å².